The van der Waals surface area contributed by atoms with Crippen LogP contribution in [0.15, 0.2) is 72.3 Å². The van der Waals surface area contributed by atoms with Crippen molar-refractivity contribution in [3.8, 4) is 28.7 Å². The molecule has 10 nitrogen and oxygen atoms in total. The van der Waals surface area contributed by atoms with E-state index >= 15 is 0 Å². The molecule has 1 heterocycles. The molecule has 0 spiro atoms. The van der Waals surface area contributed by atoms with Crippen LogP contribution in [0.3, 0.4) is 0 Å². The summed E-state index contributed by atoms with van der Waals surface area (Å²) in [5.41, 5.74) is 0.580. The molecule has 1 aliphatic heterocycles. The zero-order chi connectivity index (χ0) is 28.6. The van der Waals surface area contributed by atoms with Gasteiger partial charge in [0.05, 0.1) is 32.1 Å². The monoisotopic (exact) mass is 562 g/mol. The van der Waals surface area contributed by atoms with Gasteiger partial charge >= 0.3 is 5.97 Å². The van der Waals surface area contributed by atoms with Crippen LogP contribution in [0.25, 0.3) is 6.08 Å². The highest BCUT2D eigenvalue weighted by atomic mass is 32.1. The quantitative estimate of drug-likeness (QED) is 0.150. The third-order valence-electron chi connectivity index (χ3n) is 5.79. The number of aliphatic carboxylic acids is 1. The van der Waals surface area contributed by atoms with E-state index in [4.69, 9.17) is 36.3 Å². The molecule has 2 N–H and O–H groups in total. The fourth-order valence-corrected chi connectivity index (χ4v) is 4.16. The first kappa shape index (κ1) is 28.1. The number of thiocarbonyl (C=S) groups is 1. The number of carboxylic acid groups (broad SMARTS) is 1. The van der Waals surface area contributed by atoms with Gasteiger partial charge in [0.2, 0.25) is 0 Å². The lowest BCUT2D eigenvalue weighted by atomic mass is 10.0. The van der Waals surface area contributed by atoms with E-state index in [-0.39, 0.29) is 35.2 Å². The van der Waals surface area contributed by atoms with Gasteiger partial charge in [-0.25, -0.2) is 0 Å². The highest BCUT2D eigenvalue weighted by Crippen LogP contribution is 2.37. The second-order valence-corrected chi connectivity index (χ2v) is 8.84. The molecule has 4 rings (SSSR count). The molecule has 40 heavy (non-hydrogen) atoms. The summed E-state index contributed by atoms with van der Waals surface area (Å²) in [7, 11) is 2.85. The minimum Gasteiger partial charge on any atom is -0.496 e. The van der Waals surface area contributed by atoms with Gasteiger partial charge in [0.1, 0.15) is 34.3 Å². The van der Waals surface area contributed by atoms with E-state index in [9.17, 15) is 14.4 Å². The van der Waals surface area contributed by atoms with E-state index in [1.165, 1.54) is 25.2 Å². The Morgan fingerprint density at radius 3 is 2.17 bits per heavy atom. The molecule has 1 fully saturated rings. The van der Waals surface area contributed by atoms with Crippen LogP contribution in [-0.2, 0) is 14.4 Å². The number of carbonyl (C=O) groups is 3. The van der Waals surface area contributed by atoms with E-state index in [2.05, 4.69) is 5.32 Å². The maximum absolute atomic E-state index is 13.5. The van der Waals surface area contributed by atoms with Crippen molar-refractivity contribution in [2.45, 2.75) is 12.8 Å². The molecule has 206 valence electrons. The van der Waals surface area contributed by atoms with Gasteiger partial charge in [-0.2, -0.15) is 0 Å². The van der Waals surface area contributed by atoms with E-state index in [1.807, 2.05) is 30.3 Å². The molecule has 1 aliphatic rings. The third-order valence-corrected chi connectivity index (χ3v) is 6.07. The number of hydrogen-bond donors (Lipinski definition) is 2. The fraction of sp³-hybridized carbons (Fsp3) is 0.172. The SMILES string of the molecule is COc1cc(OCCCC(=O)O)cc(OC)c1/C=C1\C(=O)NC(=S)N(c2ccc(Oc3ccccc3)cc2)C1=O. The number of anilines is 1. The maximum atomic E-state index is 13.5. The molecule has 0 saturated carbocycles. The van der Waals surface area contributed by atoms with Crippen LogP contribution in [0.4, 0.5) is 5.69 Å². The van der Waals surface area contributed by atoms with E-state index < -0.39 is 17.8 Å². The number of rotatable bonds is 11. The predicted molar refractivity (Wildman–Crippen MR) is 151 cm³/mol. The van der Waals surface area contributed by atoms with Crippen molar-refractivity contribution in [1.29, 1.82) is 0 Å². The normalized spacial score (nSPS) is 14.1. The molecule has 2 amide bonds. The van der Waals surface area contributed by atoms with Crippen LogP contribution in [0.2, 0.25) is 0 Å². The largest absolute Gasteiger partial charge is 0.496 e. The highest BCUT2D eigenvalue weighted by molar-refractivity contribution is 7.80. The standard InChI is InChI=1S/C29H26N2O8S/c1-36-24-15-21(38-14-6-9-26(32)33)16-25(37-2)22(24)17-23-27(34)30-29(40)31(28(23)35)18-10-12-20(13-11-18)39-19-7-4-3-5-8-19/h3-5,7-8,10-13,15-17H,6,9,14H2,1-2H3,(H,32,33)(H,30,34,40)/b23-17+. The van der Waals surface area contributed by atoms with E-state index in [0.717, 1.165) is 0 Å². The average molecular weight is 563 g/mol. The van der Waals surface area contributed by atoms with Gasteiger partial charge in [-0.3, -0.25) is 24.6 Å². The number of benzene rings is 3. The molecule has 3 aromatic carbocycles. The molecule has 0 bridgehead atoms. The van der Waals surface area contributed by atoms with Crippen molar-refractivity contribution in [1.82, 2.24) is 5.32 Å². The first-order valence-corrected chi connectivity index (χ1v) is 12.6. The van der Waals surface area contributed by atoms with Crippen molar-refractivity contribution in [3.05, 3.63) is 77.9 Å². The zero-order valence-electron chi connectivity index (χ0n) is 21.7. The van der Waals surface area contributed by atoms with Crippen LogP contribution in [0, 0.1) is 0 Å². The van der Waals surface area contributed by atoms with Gasteiger partial charge in [0, 0.05) is 18.6 Å². The molecular weight excluding hydrogens is 536 g/mol. The van der Waals surface area contributed by atoms with Crippen LogP contribution in [0.5, 0.6) is 28.7 Å². The average Bonchev–Trinajstić information content (AvgIpc) is 2.94. The van der Waals surface area contributed by atoms with Gasteiger partial charge in [0.15, 0.2) is 5.11 Å². The van der Waals surface area contributed by atoms with Crippen LogP contribution < -0.4 is 29.2 Å². The van der Waals surface area contributed by atoms with Crippen molar-refractivity contribution >= 4 is 46.9 Å². The van der Waals surface area contributed by atoms with E-state index in [1.54, 1.807) is 36.4 Å². The molecule has 0 radical (unpaired) electrons. The lowest BCUT2D eigenvalue weighted by Crippen LogP contribution is -2.54. The molecule has 0 atom stereocenters. The summed E-state index contributed by atoms with van der Waals surface area (Å²) in [6.07, 6.45) is 1.65. The van der Waals surface area contributed by atoms with Gasteiger partial charge in [-0.15, -0.1) is 0 Å². The smallest absolute Gasteiger partial charge is 0.303 e. The Bertz CT molecular complexity index is 1430. The zero-order valence-corrected chi connectivity index (χ0v) is 22.5. The Labute approximate surface area is 235 Å². The molecule has 11 heteroatoms. The van der Waals surface area contributed by atoms with Crippen LogP contribution >= 0.6 is 12.2 Å². The lowest BCUT2D eigenvalue weighted by molar-refractivity contribution is -0.137. The number of nitrogens with zero attached hydrogens (tertiary/aromatic N) is 1. The summed E-state index contributed by atoms with van der Waals surface area (Å²) in [5, 5.41) is 11.3. The number of para-hydroxylation sites is 1. The topological polar surface area (TPSA) is 124 Å². The van der Waals surface area contributed by atoms with Crippen molar-refractivity contribution in [2.24, 2.45) is 0 Å². The number of methoxy groups -OCH3 is 2. The Morgan fingerprint density at radius 2 is 1.57 bits per heavy atom. The van der Waals surface area contributed by atoms with Crippen molar-refractivity contribution in [3.63, 3.8) is 0 Å². The second-order valence-electron chi connectivity index (χ2n) is 8.45. The maximum Gasteiger partial charge on any atom is 0.303 e. The first-order valence-electron chi connectivity index (χ1n) is 12.2. The Kier molecular flexibility index (Phi) is 8.97. The number of ether oxygens (including phenoxy) is 4. The first-order chi connectivity index (χ1) is 19.3. The summed E-state index contributed by atoms with van der Waals surface area (Å²) in [6.45, 7) is 0.168. The summed E-state index contributed by atoms with van der Waals surface area (Å²) in [5.74, 6) is -0.0632. The lowest BCUT2D eigenvalue weighted by Gasteiger charge is -2.29. The summed E-state index contributed by atoms with van der Waals surface area (Å²) in [4.78, 5) is 38.4. The number of amides is 2. The predicted octanol–water partition coefficient (Wildman–Crippen LogP) is 4.57. The molecule has 0 unspecified atom stereocenters. The van der Waals surface area contributed by atoms with E-state index in [0.29, 0.717) is 34.9 Å². The number of nitrogens with one attached hydrogen (secondary N) is 1. The van der Waals surface area contributed by atoms with Crippen LogP contribution in [0.1, 0.15) is 18.4 Å². The van der Waals surface area contributed by atoms with Gasteiger partial charge in [0.25, 0.3) is 11.8 Å². The Morgan fingerprint density at radius 1 is 0.950 bits per heavy atom. The van der Waals surface area contributed by atoms with Crippen molar-refractivity contribution < 1.29 is 38.4 Å². The highest BCUT2D eigenvalue weighted by Gasteiger charge is 2.35. The molecule has 0 aromatic heterocycles. The number of hydrogen-bond acceptors (Lipinski definition) is 8. The second kappa shape index (κ2) is 12.8. The van der Waals surface area contributed by atoms with Gasteiger partial charge < -0.3 is 24.1 Å². The Balaban J connectivity index is 1.60. The molecule has 0 aliphatic carbocycles. The summed E-state index contributed by atoms with van der Waals surface area (Å²) < 4.78 is 22.4. The molecule has 1 saturated heterocycles. The molecule has 3 aromatic rings. The third kappa shape index (κ3) is 6.56. The Hall–Kier alpha value is -4.90. The number of carboxylic acids is 1. The van der Waals surface area contributed by atoms with Gasteiger partial charge in [-0.05, 0) is 61.1 Å². The summed E-state index contributed by atoms with van der Waals surface area (Å²) >= 11 is 5.31. The van der Waals surface area contributed by atoms with Crippen molar-refractivity contribution in [2.75, 3.05) is 25.7 Å². The van der Waals surface area contributed by atoms with Crippen LogP contribution in [-0.4, -0.2) is 48.8 Å². The van der Waals surface area contributed by atoms with Gasteiger partial charge in [-0.1, -0.05) is 18.2 Å². The minimum absolute atomic E-state index is 0.0309. The minimum atomic E-state index is -0.916. The number of carbonyl (C=O) groups excluding carboxylic acids is 2. The molecular formula is C29H26N2O8S. The fourth-order valence-electron chi connectivity index (χ4n) is 3.88. The summed E-state index contributed by atoms with van der Waals surface area (Å²) in [6, 6.07) is 19.1.